The van der Waals surface area contributed by atoms with Gasteiger partial charge in [0.2, 0.25) is 0 Å². The molecule has 0 heterocycles. The summed E-state index contributed by atoms with van der Waals surface area (Å²) in [4.78, 5) is 0. The fraction of sp³-hybridized carbons (Fsp3) is 0.400. The third-order valence-corrected chi connectivity index (χ3v) is 3.98. The van der Waals surface area contributed by atoms with E-state index in [1.165, 1.54) is 29.5 Å². The smallest absolute Gasteiger partial charge is 0.0323 e. The molecule has 0 aliphatic carbocycles. The van der Waals surface area contributed by atoms with Crippen LogP contribution in [0.4, 0.5) is 0 Å². The van der Waals surface area contributed by atoms with Crippen molar-refractivity contribution in [3.05, 3.63) is 71.3 Å². The molecule has 0 saturated heterocycles. The minimum atomic E-state index is 0. The summed E-state index contributed by atoms with van der Waals surface area (Å²) < 4.78 is 0. The van der Waals surface area contributed by atoms with Crippen molar-refractivity contribution in [1.29, 1.82) is 0 Å². The first-order chi connectivity index (χ1) is 10.2. The highest BCUT2D eigenvalue weighted by atomic mass is 35.5. The molecular formula is C20H28ClN. The fourth-order valence-electron chi connectivity index (χ4n) is 2.62. The Balaban J connectivity index is 0.00000242. The lowest BCUT2D eigenvalue weighted by Crippen LogP contribution is -2.20. The van der Waals surface area contributed by atoms with Gasteiger partial charge in [-0.2, -0.15) is 0 Å². The topological polar surface area (TPSA) is 12.0 Å². The average Bonchev–Trinajstić information content (AvgIpc) is 2.52. The summed E-state index contributed by atoms with van der Waals surface area (Å²) >= 11 is 0. The molecule has 0 aliphatic heterocycles. The Kier molecular flexibility index (Phi) is 8.22. The minimum absolute atomic E-state index is 0. The Morgan fingerprint density at radius 1 is 0.864 bits per heavy atom. The van der Waals surface area contributed by atoms with Gasteiger partial charge in [0, 0.05) is 12.6 Å². The Bertz CT molecular complexity index is 519. The van der Waals surface area contributed by atoms with E-state index in [0.717, 1.165) is 6.54 Å². The van der Waals surface area contributed by atoms with Crippen LogP contribution >= 0.6 is 12.4 Å². The average molecular weight is 318 g/mol. The highest BCUT2D eigenvalue weighted by Crippen LogP contribution is 2.19. The lowest BCUT2D eigenvalue weighted by molar-refractivity contribution is 0.493. The van der Waals surface area contributed by atoms with Crippen molar-refractivity contribution in [2.24, 2.45) is 0 Å². The van der Waals surface area contributed by atoms with E-state index in [9.17, 15) is 0 Å². The first kappa shape index (κ1) is 18.7. The minimum Gasteiger partial charge on any atom is -0.306 e. The van der Waals surface area contributed by atoms with Gasteiger partial charge in [-0.25, -0.2) is 0 Å². The fourth-order valence-corrected chi connectivity index (χ4v) is 2.62. The zero-order valence-corrected chi connectivity index (χ0v) is 14.7. The number of hydrogen-bond donors (Lipinski definition) is 1. The lowest BCUT2D eigenvalue weighted by Gasteiger charge is -2.19. The third kappa shape index (κ3) is 5.47. The molecule has 2 aromatic rings. The Morgan fingerprint density at radius 3 is 2.05 bits per heavy atom. The SMILES string of the molecule is CCCC(NCc1ccc(C(C)C)cc1)c1ccccc1.Cl. The summed E-state index contributed by atoms with van der Waals surface area (Å²) in [5.41, 5.74) is 4.15. The van der Waals surface area contributed by atoms with Crippen molar-refractivity contribution in [2.75, 3.05) is 0 Å². The molecule has 120 valence electrons. The van der Waals surface area contributed by atoms with Gasteiger partial charge in [0.25, 0.3) is 0 Å². The van der Waals surface area contributed by atoms with Crippen LogP contribution in [0.1, 0.15) is 62.3 Å². The van der Waals surface area contributed by atoms with Gasteiger partial charge < -0.3 is 5.32 Å². The van der Waals surface area contributed by atoms with Crippen LogP contribution in [0.5, 0.6) is 0 Å². The molecule has 2 rings (SSSR count). The van der Waals surface area contributed by atoms with Crippen LogP contribution in [0.15, 0.2) is 54.6 Å². The number of nitrogens with one attached hydrogen (secondary N) is 1. The van der Waals surface area contributed by atoms with Gasteiger partial charge in [-0.05, 0) is 29.0 Å². The molecule has 0 radical (unpaired) electrons. The van der Waals surface area contributed by atoms with Crippen molar-refractivity contribution in [1.82, 2.24) is 5.32 Å². The molecule has 0 spiro atoms. The molecular weight excluding hydrogens is 290 g/mol. The number of hydrogen-bond acceptors (Lipinski definition) is 1. The van der Waals surface area contributed by atoms with Crippen LogP contribution in [-0.4, -0.2) is 0 Å². The van der Waals surface area contributed by atoms with Crippen molar-refractivity contribution in [3.63, 3.8) is 0 Å². The molecule has 0 aliphatic rings. The van der Waals surface area contributed by atoms with E-state index in [1.54, 1.807) is 0 Å². The molecule has 1 unspecified atom stereocenters. The predicted molar refractivity (Wildman–Crippen MR) is 98.7 cm³/mol. The van der Waals surface area contributed by atoms with Crippen LogP contribution in [-0.2, 0) is 6.54 Å². The molecule has 1 N–H and O–H groups in total. The van der Waals surface area contributed by atoms with E-state index in [4.69, 9.17) is 0 Å². The summed E-state index contributed by atoms with van der Waals surface area (Å²) in [5, 5.41) is 3.70. The second kappa shape index (κ2) is 9.66. The molecule has 2 heteroatoms. The van der Waals surface area contributed by atoms with E-state index in [1.807, 2.05) is 0 Å². The standard InChI is InChI=1S/C20H27N.ClH/c1-4-8-20(19-9-6-5-7-10-19)21-15-17-11-13-18(14-12-17)16(2)3;/h5-7,9-14,16,20-21H,4,8,15H2,1-3H3;1H. The molecule has 0 amide bonds. The highest BCUT2D eigenvalue weighted by Gasteiger charge is 2.09. The third-order valence-electron chi connectivity index (χ3n) is 3.98. The van der Waals surface area contributed by atoms with Gasteiger partial charge in [-0.3, -0.25) is 0 Å². The number of halogens is 1. The van der Waals surface area contributed by atoms with Crippen molar-refractivity contribution in [2.45, 2.75) is 52.1 Å². The molecule has 0 saturated carbocycles. The van der Waals surface area contributed by atoms with Crippen LogP contribution in [0.25, 0.3) is 0 Å². The van der Waals surface area contributed by atoms with Crippen molar-refractivity contribution in [3.8, 4) is 0 Å². The molecule has 1 nitrogen and oxygen atoms in total. The Labute approximate surface area is 141 Å². The van der Waals surface area contributed by atoms with Crippen LogP contribution in [0, 0.1) is 0 Å². The van der Waals surface area contributed by atoms with Gasteiger partial charge >= 0.3 is 0 Å². The van der Waals surface area contributed by atoms with Gasteiger partial charge in [0.05, 0.1) is 0 Å². The summed E-state index contributed by atoms with van der Waals surface area (Å²) in [7, 11) is 0. The zero-order valence-electron chi connectivity index (χ0n) is 13.9. The van der Waals surface area contributed by atoms with Crippen LogP contribution in [0.3, 0.4) is 0 Å². The second-order valence-corrected chi connectivity index (χ2v) is 6.03. The summed E-state index contributed by atoms with van der Waals surface area (Å²) in [6, 6.07) is 20.2. The molecule has 1 atom stereocenters. The number of rotatable bonds is 7. The maximum Gasteiger partial charge on any atom is 0.0323 e. The van der Waals surface area contributed by atoms with Gasteiger partial charge in [-0.15, -0.1) is 12.4 Å². The van der Waals surface area contributed by atoms with E-state index in [2.05, 4.69) is 80.7 Å². The monoisotopic (exact) mass is 317 g/mol. The van der Waals surface area contributed by atoms with Crippen molar-refractivity contribution < 1.29 is 0 Å². The maximum atomic E-state index is 3.70. The molecule has 0 bridgehead atoms. The first-order valence-electron chi connectivity index (χ1n) is 8.08. The summed E-state index contributed by atoms with van der Waals surface area (Å²) in [6.45, 7) is 7.65. The van der Waals surface area contributed by atoms with Crippen LogP contribution in [0.2, 0.25) is 0 Å². The highest BCUT2D eigenvalue weighted by molar-refractivity contribution is 5.85. The van der Waals surface area contributed by atoms with Crippen molar-refractivity contribution >= 4 is 12.4 Å². The molecule has 0 aromatic heterocycles. The predicted octanol–water partition coefficient (Wildman–Crippen LogP) is 5.86. The van der Waals surface area contributed by atoms with E-state index < -0.39 is 0 Å². The van der Waals surface area contributed by atoms with E-state index >= 15 is 0 Å². The molecule has 2 aromatic carbocycles. The van der Waals surface area contributed by atoms with E-state index in [0.29, 0.717) is 12.0 Å². The summed E-state index contributed by atoms with van der Waals surface area (Å²) in [6.07, 6.45) is 2.37. The molecule has 22 heavy (non-hydrogen) atoms. The summed E-state index contributed by atoms with van der Waals surface area (Å²) in [5.74, 6) is 0.601. The number of benzene rings is 2. The normalized spacial score (nSPS) is 12.0. The maximum absolute atomic E-state index is 3.70. The molecule has 0 fully saturated rings. The van der Waals surface area contributed by atoms with Crippen LogP contribution < -0.4 is 5.32 Å². The van der Waals surface area contributed by atoms with Gasteiger partial charge in [-0.1, -0.05) is 81.8 Å². The second-order valence-electron chi connectivity index (χ2n) is 6.03. The quantitative estimate of drug-likeness (QED) is 0.674. The Hall–Kier alpha value is -1.31. The lowest BCUT2D eigenvalue weighted by atomic mass is 10.0. The Morgan fingerprint density at radius 2 is 1.50 bits per heavy atom. The van der Waals surface area contributed by atoms with E-state index in [-0.39, 0.29) is 12.4 Å². The zero-order chi connectivity index (χ0) is 15.1. The largest absolute Gasteiger partial charge is 0.306 e. The first-order valence-corrected chi connectivity index (χ1v) is 8.08. The van der Waals surface area contributed by atoms with Gasteiger partial charge in [0.15, 0.2) is 0 Å². The van der Waals surface area contributed by atoms with Gasteiger partial charge in [0.1, 0.15) is 0 Å².